The van der Waals surface area contributed by atoms with Crippen LogP contribution >= 0.6 is 11.6 Å². The molecule has 8 heteroatoms. The minimum absolute atomic E-state index is 0.237. The molecule has 0 unspecified atom stereocenters. The Kier molecular flexibility index (Phi) is 7.04. The highest BCUT2D eigenvalue weighted by Gasteiger charge is 2.22. The first kappa shape index (κ1) is 21.2. The van der Waals surface area contributed by atoms with E-state index < -0.39 is 0 Å². The Morgan fingerprint density at radius 3 is 2.61 bits per heavy atom. The molecule has 1 saturated heterocycles. The number of rotatable bonds is 6. The number of piperidine rings is 1. The van der Waals surface area contributed by atoms with Gasteiger partial charge in [0.2, 0.25) is 11.7 Å². The number of likely N-dealkylation sites (tertiary alicyclic amines) is 1. The molecular weight excluding hydrogens is 414 g/mol. The summed E-state index contributed by atoms with van der Waals surface area (Å²) in [6.45, 7) is 2.46. The normalized spacial score (nSPS) is 15.2. The zero-order chi connectivity index (χ0) is 21.5. The highest BCUT2D eigenvalue weighted by Crippen LogP contribution is 2.20. The first-order valence-electron chi connectivity index (χ1n) is 10.5. The fraction of sp³-hybridized carbons (Fsp3) is 0.348. The molecule has 0 aliphatic carbocycles. The van der Waals surface area contributed by atoms with Gasteiger partial charge in [0.1, 0.15) is 11.9 Å². The minimum Gasteiger partial charge on any atom is -0.490 e. The van der Waals surface area contributed by atoms with Crippen molar-refractivity contribution < 1.29 is 9.26 Å². The number of nitrogens with one attached hydrogen (secondary N) is 1. The summed E-state index contributed by atoms with van der Waals surface area (Å²) in [5.74, 6) is 2.97. The van der Waals surface area contributed by atoms with E-state index in [1.807, 2.05) is 54.6 Å². The van der Waals surface area contributed by atoms with E-state index in [2.05, 4.69) is 25.3 Å². The highest BCUT2D eigenvalue weighted by atomic mass is 35.5. The molecule has 0 amide bonds. The molecule has 3 aromatic rings. The molecule has 1 aliphatic heterocycles. The van der Waals surface area contributed by atoms with Crippen molar-refractivity contribution in [2.75, 3.05) is 26.7 Å². The van der Waals surface area contributed by atoms with Crippen LogP contribution in [0.5, 0.6) is 5.75 Å². The third kappa shape index (κ3) is 5.76. The van der Waals surface area contributed by atoms with E-state index in [0.717, 1.165) is 43.2 Å². The number of hydrogen-bond acceptors (Lipinski definition) is 5. The van der Waals surface area contributed by atoms with Crippen LogP contribution in [0.15, 0.2) is 64.1 Å². The van der Waals surface area contributed by atoms with Gasteiger partial charge in [-0.3, -0.25) is 4.99 Å². The first-order valence-corrected chi connectivity index (χ1v) is 10.8. The molecular formula is C23H26ClN5O2. The second kappa shape index (κ2) is 10.3. The Labute approximate surface area is 187 Å². The summed E-state index contributed by atoms with van der Waals surface area (Å²) in [4.78, 5) is 11.2. The molecule has 1 aromatic heterocycles. The van der Waals surface area contributed by atoms with Gasteiger partial charge in [-0.15, -0.1) is 0 Å². The van der Waals surface area contributed by atoms with Crippen LogP contribution in [0.25, 0.3) is 11.4 Å². The van der Waals surface area contributed by atoms with Crippen molar-refractivity contribution >= 4 is 17.6 Å². The van der Waals surface area contributed by atoms with Gasteiger partial charge in [0.15, 0.2) is 5.96 Å². The zero-order valence-corrected chi connectivity index (χ0v) is 18.3. The van der Waals surface area contributed by atoms with Crippen molar-refractivity contribution in [2.45, 2.75) is 25.4 Å². The summed E-state index contributed by atoms with van der Waals surface area (Å²) in [6.07, 6.45) is 2.78. The third-order valence-electron chi connectivity index (χ3n) is 5.19. The summed E-state index contributed by atoms with van der Waals surface area (Å²) < 4.78 is 11.5. The average molecular weight is 440 g/mol. The van der Waals surface area contributed by atoms with Crippen LogP contribution in [0.4, 0.5) is 0 Å². The Hall–Kier alpha value is -3.06. The van der Waals surface area contributed by atoms with Gasteiger partial charge >= 0.3 is 0 Å². The number of guanidine groups is 1. The lowest BCUT2D eigenvalue weighted by Crippen LogP contribution is -2.47. The number of ether oxygens (including phenoxy) is 1. The summed E-state index contributed by atoms with van der Waals surface area (Å²) >= 11 is 5.93. The van der Waals surface area contributed by atoms with Gasteiger partial charge in [-0.2, -0.15) is 4.98 Å². The van der Waals surface area contributed by atoms with Crippen LogP contribution < -0.4 is 10.1 Å². The molecule has 162 valence electrons. The van der Waals surface area contributed by atoms with E-state index in [-0.39, 0.29) is 6.10 Å². The average Bonchev–Trinajstić information content (AvgIpc) is 3.28. The number of aliphatic imine (C=N–C) groups is 1. The molecule has 4 rings (SSSR count). The lowest BCUT2D eigenvalue weighted by Gasteiger charge is -2.34. The van der Waals surface area contributed by atoms with Gasteiger partial charge in [-0.25, -0.2) is 0 Å². The van der Waals surface area contributed by atoms with Crippen LogP contribution in [0.1, 0.15) is 18.7 Å². The molecule has 1 aliphatic rings. The molecule has 0 atom stereocenters. The topological polar surface area (TPSA) is 75.8 Å². The largest absolute Gasteiger partial charge is 0.490 e. The molecule has 0 spiro atoms. The van der Waals surface area contributed by atoms with E-state index in [9.17, 15) is 0 Å². The van der Waals surface area contributed by atoms with Crippen LogP contribution in [0.3, 0.4) is 0 Å². The van der Waals surface area contributed by atoms with Gasteiger partial charge in [-0.1, -0.05) is 35.0 Å². The van der Waals surface area contributed by atoms with Crippen molar-refractivity contribution in [1.29, 1.82) is 0 Å². The van der Waals surface area contributed by atoms with Gasteiger partial charge < -0.3 is 19.5 Å². The maximum atomic E-state index is 6.08. The number of para-hydroxylation sites is 1. The number of nitrogens with zero attached hydrogens (tertiary/aromatic N) is 4. The van der Waals surface area contributed by atoms with Gasteiger partial charge in [0.05, 0.1) is 0 Å². The number of hydrogen-bond donors (Lipinski definition) is 1. The predicted octanol–water partition coefficient (Wildman–Crippen LogP) is 4.05. The number of aromatic nitrogens is 2. The summed E-state index contributed by atoms with van der Waals surface area (Å²) in [7, 11) is 1.81. The molecule has 0 radical (unpaired) electrons. The van der Waals surface area contributed by atoms with E-state index >= 15 is 0 Å². The second-order valence-corrected chi connectivity index (χ2v) is 7.80. The number of halogens is 1. The Morgan fingerprint density at radius 1 is 1.16 bits per heavy atom. The summed E-state index contributed by atoms with van der Waals surface area (Å²) in [6, 6.07) is 17.4. The molecule has 1 N–H and O–H groups in total. The summed E-state index contributed by atoms with van der Waals surface area (Å²) in [5, 5.41) is 8.13. The third-order valence-corrected chi connectivity index (χ3v) is 5.44. The smallest absolute Gasteiger partial charge is 0.228 e. The first-order chi connectivity index (χ1) is 15.2. The van der Waals surface area contributed by atoms with Gasteiger partial charge in [0.25, 0.3) is 0 Å². The fourth-order valence-electron chi connectivity index (χ4n) is 3.56. The van der Waals surface area contributed by atoms with Crippen molar-refractivity contribution in [3.05, 3.63) is 65.5 Å². The second-order valence-electron chi connectivity index (χ2n) is 7.36. The lowest BCUT2D eigenvalue weighted by molar-refractivity contribution is 0.129. The molecule has 2 aromatic carbocycles. The highest BCUT2D eigenvalue weighted by molar-refractivity contribution is 6.30. The Bertz CT molecular complexity index is 983. The quantitative estimate of drug-likeness (QED) is 0.461. The molecule has 1 fully saturated rings. The SMILES string of the molecule is CN=C(NCCc1nc(-c2ccc(Cl)cc2)no1)N1CCC(Oc2ccccc2)CC1. The van der Waals surface area contributed by atoms with Crippen LogP contribution in [0.2, 0.25) is 5.02 Å². The maximum Gasteiger partial charge on any atom is 0.228 e. The molecule has 7 nitrogen and oxygen atoms in total. The molecule has 31 heavy (non-hydrogen) atoms. The van der Waals surface area contributed by atoms with Crippen LogP contribution in [0, 0.1) is 0 Å². The minimum atomic E-state index is 0.237. The van der Waals surface area contributed by atoms with Crippen molar-refractivity contribution in [3.8, 4) is 17.1 Å². The van der Waals surface area contributed by atoms with Crippen LogP contribution in [-0.2, 0) is 6.42 Å². The predicted molar refractivity (Wildman–Crippen MR) is 121 cm³/mol. The maximum absolute atomic E-state index is 6.08. The van der Waals surface area contributed by atoms with Crippen molar-refractivity contribution in [1.82, 2.24) is 20.4 Å². The fourth-order valence-corrected chi connectivity index (χ4v) is 3.69. The van der Waals surface area contributed by atoms with Crippen molar-refractivity contribution in [3.63, 3.8) is 0 Å². The lowest BCUT2D eigenvalue weighted by atomic mass is 10.1. The van der Waals surface area contributed by atoms with Crippen LogP contribution in [-0.4, -0.2) is 53.8 Å². The monoisotopic (exact) mass is 439 g/mol. The zero-order valence-electron chi connectivity index (χ0n) is 17.5. The molecule has 0 saturated carbocycles. The standard InChI is InChI=1S/C23H26ClN5O2/c1-25-23(29-15-12-20(13-16-29)30-19-5-3-2-4-6-19)26-14-11-21-27-22(28-31-21)17-7-9-18(24)10-8-17/h2-10,20H,11-16H2,1H3,(H,25,26). The Balaban J connectivity index is 1.23. The summed E-state index contributed by atoms with van der Waals surface area (Å²) in [5.41, 5.74) is 0.878. The van der Waals surface area contributed by atoms with Gasteiger partial charge in [0, 0.05) is 56.5 Å². The molecule has 2 heterocycles. The van der Waals surface area contributed by atoms with E-state index in [0.29, 0.717) is 29.7 Å². The van der Waals surface area contributed by atoms with E-state index in [1.165, 1.54) is 0 Å². The van der Waals surface area contributed by atoms with Crippen molar-refractivity contribution in [2.24, 2.45) is 4.99 Å². The number of benzene rings is 2. The van der Waals surface area contributed by atoms with E-state index in [1.54, 1.807) is 7.05 Å². The van der Waals surface area contributed by atoms with E-state index in [4.69, 9.17) is 20.9 Å². The molecule has 0 bridgehead atoms. The van der Waals surface area contributed by atoms with Gasteiger partial charge in [-0.05, 0) is 36.4 Å². The Morgan fingerprint density at radius 2 is 1.90 bits per heavy atom.